The molecule has 2 aromatic rings. The van der Waals surface area contributed by atoms with Crippen molar-refractivity contribution in [2.24, 2.45) is 7.05 Å². The summed E-state index contributed by atoms with van der Waals surface area (Å²) in [5, 5.41) is 7.07. The van der Waals surface area contributed by atoms with Crippen molar-refractivity contribution in [1.82, 2.24) is 15.1 Å². The fourth-order valence-electron chi connectivity index (χ4n) is 2.00. The Bertz CT molecular complexity index is 634. The van der Waals surface area contributed by atoms with E-state index in [1.54, 1.807) is 22.9 Å². The fraction of sp³-hybridized carbons (Fsp3) is 0.286. The van der Waals surface area contributed by atoms with Gasteiger partial charge in [0.1, 0.15) is 5.75 Å². The van der Waals surface area contributed by atoms with Gasteiger partial charge < -0.3 is 15.8 Å². The number of nitrogens with zero attached hydrogens (tertiary/aromatic N) is 2. The van der Waals surface area contributed by atoms with E-state index in [1.807, 2.05) is 20.2 Å². The highest BCUT2D eigenvalue weighted by Crippen LogP contribution is 2.21. The van der Waals surface area contributed by atoms with Crippen molar-refractivity contribution < 1.29 is 9.53 Å². The van der Waals surface area contributed by atoms with E-state index in [1.165, 1.54) is 7.11 Å². The lowest BCUT2D eigenvalue weighted by atomic mass is 10.1. The van der Waals surface area contributed by atoms with Crippen LogP contribution in [0.5, 0.6) is 5.75 Å². The van der Waals surface area contributed by atoms with Crippen LogP contribution in [0.1, 0.15) is 21.6 Å². The zero-order valence-electron chi connectivity index (χ0n) is 11.8. The van der Waals surface area contributed by atoms with E-state index >= 15 is 0 Å². The first kappa shape index (κ1) is 13.9. The van der Waals surface area contributed by atoms with Crippen molar-refractivity contribution in [1.29, 1.82) is 0 Å². The Balaban J connectivity index is 2.12. The van der Waals surface area contributed by atoms with Crippen molar-refractivity contribution >= 4 is 11.6 Å². The lowest BCUT2D eigenvalue weighted by Crippen LogP contribution is -2.23. The van der Waals surface area contributed by atoms with Crippen molar-refractivity contribution in [2.75, 3.05) is 12.8 Å². The predicted molar refractivity (Wildman–Crippen MR) is 76.5 cm³/mol. The molecule has 6 nitrogen and oxygen atoms in total. The number of nitrogen functional groups attached to an aromatic ring is 1. The first-order chi connectivity index (χ1) is 9.51. The molecule has 0 radical (unpaired) electrons. The molecule has 2 rings (SSSR count). The van der Waals surface area contributed by atoms with Crippen LogP contribution < -0.4 is 15.8 Å². The first-order valence-corrected chi connectivity index (χ1v) is 6.22. The lowest BCUT2D eigenvalue weighted by Gasteiger charge is -2.09. The van der Waals surface area contributed by atoms with E-state index in [2.05, 4.69) is 10.4 Å². The Morgan fingerprint density at radius 3 is 2.85 bits per heavy atom. The molecular weight excluding hydrogens is 256 g/mol. The van der Waals surface area contributed by atoms with E-state index in [-0.39, 0.29) is 5.91 Å². The summed E-state index contributed by atoms with van der Waals surface area (Å²) in [6.07, 6.45) is 1.88. The highest BCUT2D eigenvalue weighted by molar-refractivity contribution is 5.97. The normalized spacial score (nSPS) is 10.3. The number of carbonyl (C=O) groups is 1. The molecule has 20 heavy (non-hydrogen) atoms. The molecule has 3 N–H and O–H groups in total. The van der Waals surface area contributed by atoms with Gasteiger partial charge in [0.05, 0.1) is 18.4 Å². The summed E-state index contributed by atoms with van der Waals surface area (Å²) in [5.41, 5.74) is 8.52. The maximum absolute atomic E-state index is 12.2. The molecule has 0 saturated heterocycles. The van der Waals surface area contributed by atoms with Crippen molar-refractivity contribution in [3.8, 4) is 5.75 Å². The summed E-state index contributed by atoms with van der Waals surface area (Å²) in [5.74, 6) is 0.275. The van der Waals surface area contributed by atoms with Gasteiger partial charge in [0.2, 0.25) is 0 Å². The van der Waals surface area contributed by atoms with Gasteiger partial charge in [-0.25, -0.2) is 0 Å². The summed E-state index contributed by atoms with van der Waals surface area (Å²) in [6.45, 7) is 2.32. The zero-order chi connectivity index (χ0) is 14.7. The van der Waals surface area contributed by atoms with E-state index < -0.39 is 0 Å². The quantitative estimate of drug-likeness (QED) is 0.822. The Hall–Kier alpha value is -2.50. The van der Waals surface area contributed by atoms with Crippen LogP contribution in [0.3, 0.4) is 0 Å². The van der Waals surface area contributed by atoms with E-state index in [9.17, 15) is 4.79 Å². The second kappa shape index (κ2) is 5.64. The van der Waals surface area contributed by atoms with Crippen LogP contribution >= 0.6 is 0 Å². The van der Waals surface area contributed by atoms with Gasteiger partial charge in [0.25, 0.3) is 5.91 Å². The number of aromatic nitrogens is 2. The third kappa shape index (κ3) is 2.90. The number of hydrogen-bond acceptors (Lipinski definition) is 4. The van der Waals surface area contributed by atoms with Crippen LogP contribution in [0, 0.1) is 6.92 Å². The average Bonchev–Trinajstić information content (AvgIpc) is 2.74. The summed E-state index contributed by atoms with van der Waals surface area (Å²) < 4.78 is 6.89. The predicted octanol–water partition coefficient (Wildman–Crippen LogP) is 1.25. The fourth-order valence-corrected chi connectivity index (χ4v) is 2.00. The smallest absolute Gasteiger partial charge is 0.255 e. The standard InChI is InChI=1S/C14H18N4O2/c1-9-10(8-18(2)17-9)7-16-14(19)12-6-11(15)4-5-13(12)20-3/h4-6,8H,7,15H2,1-3H3,(H,16,19). The van der Waals surface area contributed by atoms with Crippen LogP contribution in [-0.4, -0.2) is 22.8 Å². The number of aryl methyl sites for hydroxylation is 2. The van der Waals surface area contributed by atoms with E-state index in [4.69, 9.17) is 10.5 Å². The molecule has 0 unspecified atom stereocenters. The van der Waals surface area contributed by atoms with Crippen LogP contribution in [-0.2, 0) is 13.6 Å². The van der Waals surface area contributed by atoms with Crippen LogP contribution in [0.25, 0.3) is 0 Å². The SMILES string of the molecule is COc1ccc(N)cc1C(=O)NCc1cn(C)nc1C. The van der Waals surface area contributed by atoms with Gasteiger partial charge in [0, 0.05) is 31.0 Å². The van der Waals surface area contributed by atoms with Gasteiger partial charge in [-0.3, -0.25) is 9.48 Å². The Kier molecular flexibility index (Phi) is 3.93. The third-order valence-electron chi connectivity index (χ3n) is 3.02. The average molecular weight is 274 g/mol. The number of hydrogen-bond donors (Lipinski definition) is 2. The van der Waals surface area contributed by atoms with Crippen molar-refractivity contribution in [2.45, 2.75) is 13.5 Å². The van der Waals surface area contributed by atoms with Gasteiger partial charge in [-0.2, -0.15) is 5.10 Å². The number of anilines is 1. The maximum atomic E-state index is 12.2. The second-order valence-electron chi connectivity index (χ2n) is 4.56. The summed E-state index contributed by atoms with van der Waals surface area (Å²) >= 11 is 0. The molecule has 1 heterocycles. The molecule has 6 heteroatoms. The summed E-state index contributed by atoms with van der Waals surface area (Å²) in [7, 11) is 3.37. The molecule has 0 bridgehead atoms. The molecule has 0 aliphatic carbocycles. The molecule has 0 aliphatic heterocycles. The number of ether oxygens (including phenoxy) is 1. The third-order valence-corrected chi connectivity index (χ3v) is 3.02. The molecule has 106 valence electrons. The number of methoxy groups -OCH3 is 1. The Morgan fingerprint density at radius 1 is 1.50 bits per heavy atom. The molecule has 0 atom stereocenters. The lowest BCUT2D eigenvalue weighted by molar-refractivity contribution is 0.0948. The number of nitrogens with one attached hydrogen (secondary N) is 1. The molecule has 0 aliphatic rings. The minimum absolute atomic E-state index is 0.225. The molecule has 0 saturated carbocycles. The highest BCUT2D eigenvalue weighted by atomic mass is 16.5. The molecule has 0 fully saturated rings. The van der Waals surface area contributed by atoms with Gasteiger partial charge in [0.15, 0.2) is 0 Å². The van der Waals surface area contributed by atoms with Gasteiger partial charge >= 0.3 is 0 Å². The zero-order valence-corrected chi connectivity index (χ0v) is 11.8. The number of amides is 1. The molecule has 1 amide bonds. The van der Waals surface area contributed by atoms with Crippen LogP contribution in [0.15, 0.2) is 24.4 Å². The van der Waals surface area contributed by atoms with Gasteiger partial charge in [-0.05, 0) is 25.1 Å². The van der Waals surface area contributed by atoms with Gasteiger partial charge in [-0.1, -0.05) is 0 Å². The van der Waals surface area contributed by atoms with Gasteiger partial charge in [-0.15, -0.1) is 0 Å². The largest absolute Gasteiger partial charge is 0.496 e. The Labute approximate surface area is 117 Å². The molecular formula is C14H18N4O2. The molecule has 0 spiro atoms. The molecule has 1 aromatic heterocycles. The topological polar surface area (TPSA) is 82.2 Å². The first-order valence-electron chi connectivity index (χ1n) is 6.22. The number of benzene rings is 1. The number of carbonyl (C=O) groups excluding carboxylic acids is 1. The van der Waals surface area contributed by atoms with E-state index in [0.29, 0.717) is 23.5 Å². The van der Waals surface area contributed by atoms with Crippen LogP contribution in [0.2, 0.25) is 0 Å². The Morgan fingerprint density at radius 2 is 2.25 bits per heavy atom. The summed E-state index contributed by atoms with van der Waals surface area (Å²) in [4.78, 5) is 12.2. The highest BCUT2D eigenvalue weighted by Gasteiger charge is 2.13. The monoisotopic (exact) mass is 274 g/mol. The minimum Gasteiger partial charge on any atom is -0.496 e. The summed E-state index contributed by atoms with van der Waals surface area (Å²) in [6, 6.07) is 4.98. The van der Waals surface area contributed by atoms with Crippen molar-refractivity contribution in [3.63, 3.8) is 0 Å². The maximum Gasteiger partial charge on any atom is 0.255 e. The van der Waals surface area contributed by atoms with E-state index in [0.717, 1.165) is 11.3 Å². The minimum atomic E-state index is -0.225. The number of rotatable bonds is 4. The molecule has 1 aromatic carbocycles. The second-order valence-corrected chi connectivity index (χ2v) is 4.56. The van der Waals surface area contributed by atoms with Crippen molar-refractivity contribution in [3.05, 3.63) is 41.2 Å². The number of nitrogens with two attached hydrogens (primary N) is 1. The van der Waals surface area contributed by atoms with Crippen LogP contribution in [0.4, 0.5) is 5.69 Å².